The number of non-ortho nitro benzene ring substituents is 1. The van der Waals surface area contributed by atoms with Gasteiger partial charge in [0.2, 0.25) is 5.91 Å². The molecule has 1 unspecified atom stereocenters. The van der Waals surface area contributed by atoms with E-state index in [0.29, 0.717) is 17.0 Å². The molecule has 3 rings (SSSR count). The zero-order valence-corrected chi connectivity index (χ0v) is 20.2. The van der Waals surface area contributed by atoms with Gasteiger partial charge in [-0.05, 0) is 48.9 Å². The van der Waals surface area contributed by atoms with E-state index in [9.17, 15) is 32.9 Å². The molecule has 0 aliphatic heterocycles. The average molecular weight is 538 g/mol. The molecule has 1 atom stereocenters. The van der Waals surface area contributed by atoms with E-state index in [-0.39, 0.29) is 16.3 Å². The lowest BCUT2D eigenvalue weighted by Crippen LogP contribution is -2.26. The van der Waals surface area contributed by atoms with Gasteiger partial charge in [0.15, 0.2) is 0 Å². The predicted octanol–water partition coefficient (Wildman–Crippen LogP) is 7.03. The fourth-order valence-corrected chi connectivity index (χ4v) is 4.36. The fourth-order valence-electron chi connectivity index (χ4n) is 3.17. The van der Waals surface area contributed by atoms with Crippen molar-refractivity contribution in [1.29, 1.82) is 0 Å². The van der Waals surface area contributed by atoms with Crippen molar-refractivity contribution in [3.63, 3.8) is 0 Å². The Morgan fingerprint density at radius 1 is 1.06 bits per heavy atom. The van der Waals surface area contributed by atoms with Gasteiger partial charge in [-0.1, -0.05) is 30.7 Å². The molecule has 3 aromatic rings. The standard InChI is InChI=1S/C24H19ClF3N3O4S/c1-2-21(23(33)30-20-10-9-15(25)12-19(20)24(26,27)28)36-18-8-4-6-16(13-18)29-22(32)14-5-3-7-17(11-14)31(34)35/h3-13,21H,2H2,1H3,(H,29,32)(H,30,33). The van der Waals surface area contributed by atoms with E-state index >= 15 is 0 Å². The van der Waals surface area contributed by atoms with Gasteiger partial charge in [0.1, 0.15) is 0 Å². The molecule has 0 saturated carbocycles. The van der Waals surface area contributed by atoms with E-state index in [1.165, 1.54) is 24.3 Å². The Balaban J connectivity index is 1.73. The summed E-state index contributed by atoms with van der Waals surface area (Å²) >= 11 is 6.81. The number of nitrogens with one attached hydrogen (secondary N) is 2. The summed E-state index contributed by atoms with van der Waals surface area (Å²) in [5.41, 5.74) is -1.19. The quantitative estimate of drug-likeness (QED) is 0.182. The van der Waals surface area contributed by atoms with E-state index in [1.54, 1.807) is 31.2 Å². The molecule has 0 aliphatic carbocycles. The molecule has 0 radical (unpaired) electrons. The SMILES string of the molecule is CCC(Sc1cccc(NC(=O)c2cccc([N+](=O)[O-])c2)c1)C(=O)Nc1ccc(Cl)cc1C(F)(F)F. The van der Waals surface area contributed by atoms with Gasteiger partial charge in [-0.3, -0.25) is 19.7 Å². The number of nitro benzene ring substituents is 1. The first-order chi connectivity index (χ1) is 17.0. The van der Waals surface area contributed by atoms with Crippen LogP contribution in [0.5, 0.6) is 0 Å². The zero-order valence-electron chi connectivity index (χ0n) is 18.6. The van der Waals surface area contributed by atoms with Crippen LogP contribution in [0.25, 0.3) is 0 Å². The minimum atomic E-state index is -4.70. The molecule has 188 valence electrons. The average Bonchev–Trinajstić information content (AvgIpc) is 2.83. The molecule has 7 nitrogen and oxygen atoms in total. The van der Waals surface area contributed by atoms with Gasteiger partial charge in [0, 0.05) is 33.3 Å². The smallest absolute Gasteiger partial charge is 0.325 e. The summed E-state index contributed by atoms with van der Waals surface area (Å²) in [6, 6.07) is 14.9. The van der Waals surface area contributed by atoms with Crippen LogP contribution < -0.4 is 10.6 Å². The second-order valence-corrected chi connectivity index (χ2v) is 9.19. The number of nitrogens with zero attached hydrogens (tertiary/aromatic N) is 1. The number of thioether (sulfide) groups is 1. The summed E-state index contributed by atoms with van der Waals surface area (Å²) in [6.07, 6.45) is -4.39. The number of amides is 2. The number of benzene rings is 3. The number of hydrogen-bond acceptors (Lipinski definition) is 5. The van der Waals surface area contributed by atoms with Crippen LogP contribution >= 0.6 is 23.4 Å². The van der Waals surface area contributed by atoms with Crippen LogP contribution in [0.3, 0.4) is 0 Å². The first-order valence-electron chi connectivity index (χ1n) is 10.5. The second-order valence-electron chi connectivity index (χ2n) is 7.48. The van der Waals surface area contributed by atoms with Crippen LogP contribution in [0.1, 0.15) is 29.3 Å². The number of carbonyl (C=O) groups excluding carboxylic acids is 2. The Labute approximate surface area is 213 Å². The van der Waals surface area contributed by atoms with Gasteiger partial charge in [-0.2, -0.15) is 13.2 Å². The van der Waals surface area contributed by atoms with Crippen LogP contribution in [-0.4, -0.2) is 22.0 Å². The summed E-state index contributed by atoms with van der Waals surface area (Å²) in [7, 11) is 0. The number of hydrogen-bond donors (Lipinski definition) is 2. The molecule has 12 heteroatoms. The first kappa shape index (κ1) is 27.0. The predicted molar refractivity (Wildman–Crippen MR) is 133 cm³/mol. The first-order valence-corrected chi connectivity index (χ1v) is 11.7. The molecule has 0 saturated heterocycles. The monoisotopic (exact) mass is 537 g/mol. The van der Waals surface area contributed by atoms with Crippen molar-refractivity contribution >= 4 is 52.2 Å². The van der Waals surface area contributed by atoms with Crippen LogP contribution in [0.15, 0.2) is 71.6 Å². The summed E-state index contributed by atoms with van der Waals surface area (Å²) in [6.45, 7) is 1.72. The number of rotatable bonds is 8. The normalized spacial score (nSPS) is 12.0. The Bertz CT molecular complexity index is 1300. The second kappa shape index (κ2) is 11.4. The molecule has 0 spiro atoms. The lowest BCUT2D eigenvalue weighted by atomic mass is 10.1. The maximum Gasteiger partial charge on any atom is 0.418 e. The molecule has 2 N–H and O–H groups in total. The Hall–Kier alpha value is -3.57. The van der Waals surface area contributed by atoms with Gasteiger partial charge < -0.3 is 10.6 Å². The highest BCUT2D eigenvalue weighted by Gasteiger charge is 2.34. The van der Waals surface area contributed by atoms with Crippen molar-refractivity contribution in [2.24, 2.45) is 0 Å². The highest BCUT2D eigenvalue weighted by Crippen LogP contribution is 2.37. The van der Waals surface area contributed by atoms with E-state index in [2.05, 4.69) is 10.6 Å². The molecule has 0 heterocycles. The van der Waals surface area contributed by atoms with Crippen molar-refractivity contribution in [3.05, 3.63) is 93.0 Å². The van der Waals surface area contributed by atoms with E-state index in [4.69, 9.17) is 11.6 Å². The fraction of sp³-hybridized carbons (Fsp3) is 0.167. The molecule has 0 aromatic heterocycles. The summed E-state index contributed by atoms with van der Waals surface area (Å²) in [5.74, 6) is -1.19. The molecule has 0 aliphatic rings. The maximum absolute atomic E-state index is 13.4. The molecule has 0 fully saturated rings. The summed E-state index contributed by atoms with van der Waals surface area (Å²) < 4.78 is 40.1. The Morgan fingerprint density at radius 2 is 1.78 bits per heavy atom. The van der Waals surface area contributed by atoms with E-state index in [0.717, 1.165) is 30.0 Å². The third-order valence-electron chi connectivity index (χ3n) is 4.90. The lowest BCUT2D eigenvalue weighted by Gasteiger charge is -2.18. The van der Waals surface area contributed by atoms with Crippen LogP contribution in [0.4, 0.5) is 30.2 Å². The van der Waals surface area contributed by atoms with Gasteiger partial charge in [-0.15, -0.1) is 11.8 Å². The molecular formula is C24H19ClF3N3O4S. The lowest BCUT2D eigenvalue weighted by molar-refractivity contribution is -0.384. The van der Waals surface area contributed by atoms with Crippen molar-refractivity contribution in [2.45, 2.75) is 29.7 Å². The van der Waals surface area contributed by atoms with Crippen LogP contribution in [0, 0.1) is 10.1 Å². The van der Waals surface area contributed by atoms with Gasteiger partial charge >= 0.3 is 6.18 Å². The topological polar surface area (TPSA) is 101 Å². The maximum atomic E-state index is 13.4. The van der Waals surface area contributed by atoms with Crippen molar-refractivity contribution in [3.8, 4) is 0 Å². The number of anilines is 2. The molecule has 3 aromatic carbocycles. The van der Waals surface area contributed by atoms with Crippen molar-refractivity contribution in [1.82, 2.24) is 0 Å². The van der Waals surface area contributed by atoms with Crippen molar-refractivity contribution < 1.29 is 27.7 Å². The number of nitro groups is 1. The van der Waals surface area contributed by atoms with E-state index in [1.807, 2.05) is 0 Å². The Morgan fingerprint density at radius 3 is 2.44 bits per heavy atom. The van der Waals surface area contributed by atoms with Crippen molar-refractivity contribution in [2.75, 3.05) is 10.6 Å². The van der Waals surface area contributed by atoms with Gasteiger partial charge in [-0.25, -0.2) is 0 Å². The summed E-state index contributed by atoms with van der Waals surface area (Å²) in [4.78, 5) is 36.2. The third-order valence-corrected chi connectivity index (χ3v) is 6.49. The largest absolute Gasteiger partial charge is 0.418 e. The minimum Gasteiger partial charge on any atom is -0.325 e. The number of halogens is 4. The number of carbonyl (C=O) groups is 2. The molecule has 2 amide bonds. The van der Waals surface area contributed by atoms with Crippen LogP contribution in [-0.2, 0) is 11.0 Å². The van der Waals surface area contributed by atoms with Gasteiger partial charge in [0.25, 0.3) is 11.6 Å². The molecule has 36 heavy (non-hydrogen) atoms. The Kier molecular flexibility index (Phi) is 8.59. The summed E-state index contributed by atoms with van der Waals surface area (Å²) in [5, 5.41) is 15.1. The number of alkyl halides is 3. The third kappa shape index (κ3) is 6.98. The minimum absolute atomic E-state index is 0.0940. The molecular weight excluding hydrogens is 519 g/mol. The highest BCUT2D eigenvalue weighted by molar-refractivity contribution is 8.00. The molecule has 0 bridgehead atoms. The van der Waals surface area contributed by atoms with Crippen LogP contribution in [0.2, 0.25) is 5.02 Å². The highest BCUT2D eigenvalue weighted by atomic mass is 35.5. The van der Waals surface area contributed by atoms with E-state index < -0.39 is 39.4 Å². The van der Waals surface area contributed by atoms with Gasteiger partial charge in [0.05, 0.1) is 21.4 Å². The zero-order chi connectivity index (χ0) is 26.5.